The van der Waals surface area contributed by atoms with Gasteiger partial charge in [0.15, 0.2) is 5.96 Å². The molecule has 29 heavy (non-hydrogen) atoms. The number of halogens is 1. The summed E-state index contributed by atoms with van der Waals surface area (Å²) in [7, 11) is 0. The van der Waals surface area contributed by atoms with Crippen molar-refractivity contribution < 1.29 is 14.3 Å². The van der Waals surface area contributed by atoms with Crippen molar-refractivity contribution in [3.63, 3.8) is 0 Å². The molecule has 1 amide bonds. The maximum Gasteiger partial charge on any atom is 0.407 e. The molecule has 1 heterocycles. The molecule has 2 fully saturated rings. The smallest absolute Gasteiger partial charge is 0.407 e. The summed E-state index contributed by atoms with van der Waals surface area (Å²) in [5, 5.41) is 6.20. The molecule has 0 aromatic carbocycles. The molecule has 1 saturated heterocycles. The molecule has 8 heteroatoms. The SMILES string of the molecule is CCNC(=NCCC1CC1)N1CCC(OCCCNC(=O)OC(C)(C)C)CC1.I. The zero-order chi connectivity index (χ0) is 20.4. The van der Waals surface area contributed by atoms with Crippen molar-refractivity contribution in [1.82, 2.24) is 15.5 Å². The van der Waals surface area contributed by atoms with Crippen molar-refractivity contribution in [2.45, 2.75) is 77.9 Å². The van der Waals surface area contributed by atoms with E-state index >= 15 is 0 Å². The lowest BCUT2D eigenvalue weighted by Gasteiger charge is -2.34. The fourth-order valence-electron chi connectivity index (χ4n) is 3.25. The standard InChI is InChI=1S/C21H40N4O3.HI/c1-5-22-19(23-13-9-17-7-8-17)25-14-10-18(11-15-25)27-16-6-12-24-20(26)28-21(2,3)4;/h17-18H,5-16H2,1-4H3,(H,22,23)(H,24,26);1H. The molecule has 0 aromatic heterocycles. The van der Waals surface area contributed by atoms with E-state index in [1.54, 1.807) is 0 Å². The minimum atomic E-state index is -0.457. The average molecular weight is 524 g/mol. The van der Waals surface area contributed by atoms with Crippen molar-refractivity contribution in [2.75, 3.05) is 39.3 Å². The van der Waals surface area contributed by atoms with E-state index in [4.69, 9.17) is 14.5 Å². The summed E-state index contributed by atoms with van der Waals surface area (Å²) >= 11 is 0. The van der Waals surface area contributed by atoms with E-state index in [2.05, 4.69) is 22.5 Å². The second kappa shape index (κ2) is 13.5. The fraction of sp³-hybridized carbons (Fsp3) is 0.905. The lowest BCUT2D eigenvalue weighted by molar-refractivity contribution is 0.0170. The average Bonchev–Trinajstić information content (AvgIpc) is 3.44. The van der Waals surface area contributed by atoms with Crippen LogP contribution in [0.5, 0.6) is 0 Å². The zero-order valence-corrected chi connectivity index (χ0v) is 21.0. The Bertz CT molecular complexity index is 499. The molecule has 1 aliphatic carbocycles. The number of amides is 1. The number of hydrogen-bond acceptors (Lipinski definition) is 4. The number of ether oxygens (including phenoxy) is 2. The number of aliphatic imine (C=N–C) groups is 1. The topological polar surface area (TPSA) is 75.2 Å². The minimum Gasteiger partial charge on any atom is -0.444 e. The molecule has 0 radical (unpaired) electrons. The van der Waals surface area contributed by atoms with E-state index in [1.165, 1.54) is 19.3 Å². The zero-order valence-electron chi connectivity index (χ0n) is 18.7. The van der Waals surface area contributed by atoms with E-state index in [-0.39, 0.29) is 30.1 Å². The highest BCUT2D eigenvalue weighted by Crippen LogP contribution is 2.32. The molecule has 170 valence electrons. The van der Waals surface area contributed by atoms with Crippen molar-refractivity contribution in [3.8, 4) is 0 Å². The third-order valence-corrected chi connectivity index (χ3v) is 4.92. The van der Waals surface area contributed by atoms with Gasteiger partial charge >= 0.3 is 6.09 Å². The Morgan fingerprint density at radius 2 is 1.83 bits per heavy atom. The molecule has 1 saturated carbocycles. The maximum atomic E-state index is 11.6. The molecule has 0 aromatic rings. The largest absolute Gasteiger partial charge is 0.444 e. The number of likely N-dealkylation sites (tertiary alicyclic amines) is 1. The van der Waals surface area contributed by atoms with Gasteiger partial charge in [-0.15, -0.1) is 24.0 Å². The summed E-state index contributed by atoms with van der Waals surface area (Å²) in [5.74, 6) is 1.98. The van der Waals surface area contributed by atoms with Gasteiger partial charge in [-0.3, -0.25) is 4.99 Å². The number of alkyl carbamates (subject to hydrolysis) is 1. The molecule has 7 nitrogen and oxygen atoms in total. The quantitative estimate of drug-likeness (QED) is 0.208. The summed E-state index contributed by atoms with van der Waals surface area (Å²) in [6.45, 7) is 12.8. The van der Waals surface area contributed by atoms with Crippen molar-refractivity contribution in [3.05, 3.63) is 0 Å². The number of carbonyl (C=O) groups is 1. The number of piperidine rings is 1. The highest BCUT2D eigenvalue weighted by atomic mass is 127. The van der Waals surface area contributed by atoms with Crippen molar-refractivity contribution in [2.24, 2.45) is 10.9 Å². The molecule has 0 atom stereocenters. The number of rotatable bonds is 9. The van der Waals surface area contributed by atoms with Crippen LogP contribution >= 0.6 is 24.0 Å². The molecule has 0 spiro atoms. The molecule has 0 bridgehead atoms. The van der Waals surface area contributed by atoms with E-state index in [9.17, 15) is 4.79 Å². The van der Waals surface area contributed by atoms with Crippen LogP contribution in [0.1, 0.15) is 66.2 Å². The second-order valence-corrected chi connectivity index (χ2v) is 8.81. The highest BCUT2D eigenvalue weighted by Gasteiger charge is 2.23. The Morgan fingerprint density at radius 1 is 1.14 bits per heavy atom. The lowest BCUT2D eigenvalue weighted by atomic mass is 10.1. The molecule has 1 aliphatic heterocycles. The second-order valence-electron chi connectivity index (χ2n) is 8.81. The van der Waals surface area contributed by atoms with Crippen LogP contribution in [0.4, 0.5) is 4.79 Å². The van der Waals surface area contributed by atoms with Gasteiger partial charge in [0, 0.05) is 39.3 Å². The van der Waals surface area contributed by atoms with Gasteiger partial charge in [0.25, 0.3) is 0 Å². The third-order valence-electron chi connectivity index (χ3n) is 4.92. The van der Waals surface area contributed by atoms with Crippen LogP contribution in [-0.4, -0.2) is 68.0 Å². The van der Waals surface area contributed by atoms with E-state index < -0.39 is 5.60 Å². The van der Waals surface area contributed by atoms with Gasteiger partial charge in [-0.2, -0.15) is 0 Å². The predicted octanol–water partition coefficient (Wildman–Crippen LogP) is 3.77. The highest BCUT2D eigenvalue weighted by molar-refractivity contribution is 14.0. The molecule has 2 aliphatic rings. The van der Waals surface area contributed by atoms with Crippen molar-refractivity contribution in [1.29, 1.82) is 0 Å². The van der Waals surface area contributed by atoms with Crippen LogP contribution in [0, 0.1) is 5.92 Å². The molecule has 2 N–H and O–H groups in total. The molecule has 0 unspecified atom stereocenters. The number of nitrogens with zero attached hydrogens (tertiary/aromatic N) is 2. The first kappa shape index (κ1) is 26.3. The summed E-state index contributed by atoms with van der Waals surface area (Å²) in [5.41, 5.74) is -0.457. The first-order chi connectivity index (χ1) is 13.4. The van der Waals surface area contributed by atoms with Gasteiger partial charge in [0.1, 0.15) is 5.60 Å². The van der Waals surface area contributed by atoms with Gasteiger partial charge in [-0.1, -0.05) is 12.8 Å². The summed E-state index contributed by atoms with van der Waals surface area (Å²) in [6.07, 6.45) is 6.78. The van der Waals surface area contributed by atoms with Gasteiger partial charge in [0.05, 0.1) is 6.10 Å². The van der Waals surface area contributed by atoms with Crippen LogP contribution in [0.3, 0.4) is 0 Å². The van der Waals surface area contributed by atoms with Crippen LogP contribution < -0.4 is 10.6 Å². The predicted molar refractivity (Wildman–Crippen MR) is 128 cm³/mol. The van der Waals surface area contributed by atoms with E-state index in [1.807, 2.05) is 20.8 Å². The van der Waals surface area contributed by atoms with E-state index in [0.29, 0.717) is 19.3 Å². The normalized spacial score (nSPS) is 18.2. The van der Waals surface area contributed by atoms with Crippen LogP contribution in [-0.2, 0) is 9.47 Å². The van der Waals surface area contributed by atoms with Gasteiger partial charge in [-0.05, 0) is 59.3 Å². The Labute approximate surface area is 193 Å². The first-order valence-electron chi connectivity index (χ1n) is 11.0. The van der Waals surface area contributed by atoms with E-state index in [0.717, 1.165) is 57.3 Å². The maximum absolute atomic E-state index is 11.6. The van der Waals surface area contributed by atoms with Gasteiger partial charge < -0.3 is 25.0 Å². The molecule has 2 rings (SSSR count). The van der Waals surface area contributed by atoms with Crippen molar-refractivity contribution >= 4 is 36.0 Å². The first-order valence-corrected chi connectivity index (χ1v) is 11.0. The summed E-state index contributed by atoms with van der Waals surface area (Å²) in [4.78, 5) is 18.8. The Kier molecular flexibility index (Phi) is 12.2. The molecular weight excluding hydrogens is 483 g/mol. The Morgan fingerprint density at radius 3 is 2.41 bits per heavy atom. The number of hydrogen-bond donors (Lipinski definition) is 2. The third kappa shape index (κ3) is 11.9. The Hall–Kier alpha value is -0.770. The minimum absolute atomic E-state index is 0. The number of carbonyl (C=O) groups excluding carboxylic acids is 1. The van der Waals surface area contributed by atoms with Crippen LogP contribution in [0.15, 0.2) is 4.99 Å². The Balaban J connectivity index is 0.00000420. The van der Waals surface area contributed by atoms with Crippen LogP contribution in [0.2, 0.25) is 0 Å². The monoisotopic (exact) mass is 524 g/mol. The summed E-state index contributed by atoms with van der Waals surface area (Å²) in [6, 6.07) is 0. The molecular formula is C21H41IN4O3. The van der Waals surface area contributed by atoms with Crippen LogP contribution in [0.25, 0.3) is 0 Å². The van der Waals surface area contributed by atoms with Gasteiger partial charge in [-0.25, -0.2) is 4.79 Å². The fourth-order valence-corrected chi connectivity index (χ4v) is 3.25. The summed E-state index contributed by atoms with van der Waals surface area (Å²) < 4.78 is 11.2. The number of guanidine groups is 1. The number of nitrogens with one attached hydrogen (secondary N) is 2. The lowest BCUT2D eigenvalue weighted by Crippen LogP contribution is -2.47. The van der Waals surface area contributed by atoms with Gasteiger partial charge in [0.2, 0.25) is 0 Å².